The predicted octanol–water partition coefficient (Wildman–Crippen LogP) is 4.75. The van der Waals surface area contributed by atoms with Gasteiger partial charge in [0, 0.05) is 12.1 Å². The minimum atomic E-state index is -0.579. The topological polar surface area (TPSA) is 67.0 Å². The molecule has 0 saturated heterocycles. The molecule has 0 spiro atoms. The lowest BCUT2D eigenvalue weighted by molar-refractivity contribution is -0.122. The monoisotopic (exact) mass is 385 g/mol. The number of fused-ring (bicyclic) bond motifs is 1. The summed E-state index contributed by atoms with van der Waals surface area (Å²) in [5.41, 5.74) is 4.00. The Kier molecular flexibility index (Phi) is 5.56. The van der Waals surface area contributed by atoms with Gasteiger partial charge in [-0.2, -0.15) is 0 Å². The highest BCUT2D eigenvalue weighted by molar-refractivity contribution is 5.94. The van der Waals surface area contributed by atoms with Crippen molar-refractivity contribution in [2.24, 2.45) is 0 Å². The maximum atomic E-state index is 12.3. The Bertz CT molecular complexity index is 1060. The zero-order valence-corrected chi connectivity index (χ0v) is 16.3. The number of H-pyrrole nitrogens is 1. The van der Waals surface area contributed by atoms with Crippen LogP contribution in [-0.4, -0.2) is 22.0 Å². The van der Waals surface area contributed by atoms with Crippen LogP contribution in [0.15, 0.2) is 78.9 Å². The first-order valence-electron chi connectivity index (χ1n) is 9.72. The number of aromatic nitrogens is 2. The second kappa shape index (κ2) is 8.61. The summed E-state index contributed by atoms with van der Waals surface area (Å²) in [6.45, 7) is 1.74. The highest BCUT2D eigenvalue weighted by Crippen LogP contribution is 2.16. The molecule has 4 aromatic rings. The third kappa shape index (κ3) is 4.82. The van der Waals surface area contributed by atoms with Crippen LogP contribution in [0.25, 0.3) is 11.0 Å². The van der Waals surface area contributed by atoms with Crippen LogP contribution in [0.5, 0.6) is 5.75 Å². The normalized spacial score (nSPS) is 11.9. The van der Waals surface area contributed by atoms with Gasteiger partial charge in [0.15, 0.2) is 6.10 Å². The number of nitrogens with one attached hydrogen (secondary N) is 2. The van der Waals surface area contributed by atoms with Crippen LogP contribution in [0.1, 0.15) is 18.3 Å². The van der Waals surface area contributed by atoms with Crippen LogP contribution < -0.4 is 10.1 Å². The lowest BCUT2D eigenvalue weighted by Crippen LogP contribution is -2.30. The van der Waals surface area contributed by atoms with Gasteiger partial charge in [-0.15, -0.1) is 0 Å². The molecule has 0 saturated carbocycles. The van der Waals surface area contributed by atoms with E-state index in [4.69, 9.17) is 4.74 Å². The summed E-state index contributed by atoms with van der Waals surface area (Å²) < 4.78 is 5.66. The van der Waals surface area contributed by atoms with Gasteiger partial charge in [0.2, 0.25) is 0 Å². The molecule has 146 valence electrons. The van der Waals surface area contributed by atoms with Crippen LogP contribution in [-0.2, 0) is 17.6 Å². The molecule has 1 amide bonds. The molecule has 5 nitrogen and oxygen atoms in total. The molecule has 0 bridgehead atoms. The number of hydrogen-bond donors (Lipinski definition) is 2. The summed E-state index contributed by atoms with van der Waals surface area (Å²) in [6.07, 6.45) is 1.13. The Morgan fingerprint density at radius 1 is 0.966 bits per heavy atom. The minimum absolute atomic E-state index is 0.177. The van der Waals surface area contributed by atoms with Crippen molar-refractivity contribution in [2.75, 3.05) is 5.32 Å². The molecule has 0 fully saturated rings. The number of ether oxygens (including phenoxy) is 1. The predicted molar refractivity (Wildman–Crippen MR) is 115 cm³/mol. The number of rotatable bonds is 7. The number of amides is 1. The molecule has 0 unspecified atom stereocenters. The van der Waals surface area contributed by atoms with Crippen LogP contribution in [0.2, 0.25) is 0 Å². The van der Waals surface area contributed by atoms with Gasteiger partial charge >= 0.3 is 0 Å². The molecule has 3 aromatic carbocycles. The van der Waals surface area contributed by atoms with E-state index in [-0.39, 0.29) is 5.91 Å². The number of carbonyl (C=O) groups is 1. The van der Waals surface area contributed by atoms with E-state index in [0.717, 1.165) is 35.4 Å². The zero-order valence-electron chi connectivity index (χ0n) is 16.3. The molecular weight excluding hydrogens is 362 g/mol. The Morgan fingerprint density at radius 3 is 2.45 bits per heavy atom. The molecule has 1 atom stereocenters. The largest absolute Gasteiger partial charge is 0.481 e. The maximum Gasteiger partial charge on any atom is 0.265 e. The van der Waals surface area contributed by atoms with Crippen molar-refractivity contribution in [1.29, 1.82) is 0 Å². The minimum Gasteiger partial charge on any atom is -0.481 e. The summed E-state index contributed by atoms with van der Waals surface area (Å²) in [4.78, 5) is 20.3. The third-order valence-electron chi connectivity index (χ3n) is 4.74. The molecule has 4 rings (SSSR count). The number of imidazole rings is 1. The average molecular weight is 385 g/mol. The summed E-state index contributed by atoms with van der Waals surface area (Å²) in [5, 5.41) is 2.90. The van der Waals surface area contributed by atoms with Gasteiger partial charge in [-0.05, 0) is 55.3 Å². The van der Waals surface area contributed by atoms with Gasteiger partial charge < -0.3 is 15.0 Å². The van der Waals surface area contributed by atoms with E-state index in [1.54, 1.807) is 6.92 Å². The second-order valence-electron chi connectivity index (χ2n) is 6.96. The summed E-state index contributed by atoms with van der Waals surface area (Å²) in [6, 6.07) is 25.3. The standard InChI is InChI=1S/C24H23N3O2/c1-17(29-20-7-3-2-4-8-20)24(28)25-19-14-11-18(12-15-19)13-16-23-26-21-9-5-6-10-22(21)27-23/h2-12,14-15,17H,13,16H2,1H3,(H,25,28)(H,26,27)/t17-/m0/s1. The first kappa shape index (κ1) is 18.7. The average Bonchev–Trinajstić information content (AvgIpc) is 3.17. The van der Waals surface area contributed by atoms with Crippen molar-refractivity contribution >= 4 is 22.6 Å². The van der Waals surface area contributed by atoms with Crippen molar-refractivity contribution in [3.05, 3.63) is 90.3 Å². The fourth-order valence-corrected chi connectivity index (χ4v) is 3.14. The van der Waals surface area contributed by atoms with Crippen molar-refractivity contribution in [3.8, 4) is 5.75 Å². The molecular formula is C24H23N3O2. The first-order chi connectivity index (χ1) is 14.2. The van der Waals surface area contributed by atoms with Gasteiger partial charge in [0.1, 0.15) is 11.6 Å². The van der Waals surface area contributed by atoms with E-state index in [2.05, 4.69) is 15.3 Å². The van der Waals surface area contributed by atoms with Gasteiger partial charge in [-0.3, -0.25) is 4.79 Å². The Balaban J connectivity index is 1.30. The van der Waals surface area contributed by atoms with E-state index >= 15 is 0 Å². The molecule has 1 aromatic heterocycles. The van der Waals surface area contributed by atoms with Crippen LogP contribution in [0, 0.1) is 0 Å². The highest BCUT2D eigenvalue weighted by atomic mass is 16.5. The lowest BCUT2D eigenvalue weighted by Gasteiger charge is -2.14. The summed E-state index contributed by atoms with van der Waals surface area (Å²) >= 11 is 0. The van der Waals surface area contributed by atoms with Crippen LogP contribution >= 0.6 is 0 Å². The zero-order chi connectivity index (χ0) is 20.1. The number of anilines is 1. The molecule has 0 radical (unpaired) electrons. The van der Waals surface area contributed by atoms with E-state index in [1.807, 2.05) is 78.9 Å². The molecule has 5 heteroatoms. The number of nitrogens with zero attached hydrogens (tertiary/aromatic N) is 1. The number of benzene rings is 3. The molecule has 0 aliphatic rings. The first-order valence-corrected chi connectivity index (χ1v) is 9.72. The number of carbonyl (C=O) groups excluding carboxylic acids is 1. The molecule has 1 heterocycles. The molecule has 2 N–H and O–H groups in total. The summed E-state index contributed by atoms with van der Waals surface area (Å²) in [5.74, 6) is 1.48. The van der Waals surface area contributed by atoms with Gasteiger partial charge in [-0.1, -0.05) is 42.5 Å². The maximum absolute atomic E-state index is 12.3. The van der Waals surface area contributed by atoms with Crippen LogP contribution in [0.4, 0.5) is 5.69 Å². The number of para-hydroxylation sites is 3. The quantitative estimate of drug-likeness (QED) is 0.482. The second-order valence-corrected chi connectivity index (χ2v) is 6.96. The Morgan fingerprint density at radius 2 is 1.69 bits per heavy atom. The Hall–Kier alpha value is -3.60. The molecule has 0 aliphatic carbocycles. The molecule has 0 aliphatic heterocycles. The number of hydrogen-bond acceptors (Lipinski definition) is 3. The van der Waals surface area contributed by atoms with E-state index in [0.29, 0.717) is 5.75 Å². The lowest BCUT2D eigenvalue weighted by atomic mass is 10.1. The van der Waals surface area contributed by atoms with E-state index in [9.17, 15) is 4.79 Å². The van der Waals surface area contributed by atoms with Crippen molar-refractivity contribution in [2.45, 2.75) is 25.9 Å². The van der Waals surface area contributed by atoms with Crippen LogP contribution in [0.3, 0.4) is 0 Å². The van der Waals surface area contributed by atoms with Crippen molar-refractivity contribution in [3.63, 3.8) is 0 Å². The van der Waals surface area contributed by atoms with Gasteiger partial charge in [0.05, 0.1) is 11.0 Å². The molecule has 29 heavy (non-hydrogen) atoms. The smallest absolute Gasteiger partial charge is 0.265 e. The summed E-state index contributed by atoms with van der Waals surface area (Å²) in [7, 11) is 0. The van der Waals surface area contributed by atoms with Crippen molar-refractivity contribution in [1.82, 2.24) is 9.97 Å². The van der Waals surface area contributed by atoms with E-state index < -0.39 is 6.10 Å². The van der Waals surface area contributed by atoms with E-state index in [1.165, 1.54) is 5.56 Å². The van der Waals surface area contributed by atoms with Gasteiger partial charge in [0.25, 0.3) is 5.91 Å². The number of aryl methyl sites for hydroxylation is 2. The Labute approximate surface area is 169 Å². The van der Waals surface area contributed by atoms with Gasteiger partial charge in [-0.25, -0.2) is 4.98 Å². The SMILES string of the molecule is C[C@H](Oc1ccccc1)C(=O)Nc1ccc(CCc2nc3ccccc3[nH]2)cc1. The fraction of sp³-hybridized carbons (Fsp3) is 0.167. The fourth-order valence-electron chi connectivity index (χ4n) is 3.14. The highest BCUT2D eigenvalue weighted by Gasteiger charge is 2.14. The third-order valence-corrected chi connectivity index (χ3v) is 4.74. The van der Waals surface area contributed by atoms with Crippen molar-refractivity contribution < 1.29 is 9.53 Å². The number of aromatic amines is 1.